The van der Waals surface area contributed by atoms with E-state index in [1.807, 2.05) is 11.8 Å². The van der Waals surface area contributed by atoms with Gasteiger partial charge in [-0.2, -0.15) is 0 Å². The average molecular weight is 371 g/mol. The lowest BCUT2D eigenvalue weighted by atomic mass is 10.2. The van der Waals surface area contributed by atoms with Gasteiger partial charge >= 0.3 is 5.69 Å². The Bertz CT molecular complexity index is 899. The molecule has 0 bridgehead atoms. The van der Waals surface area contributed by atoms with Crippen molar-refractivity contribution in [2.75, 3.05) is 19.6 Å². The van der Waals surface area contributed by atoms with Crippen LogP contribution in [0.5, 0.6) is 0 Å². The molecule has 1 aliphatic rings. The van der Waals surface area contributed by atoms with Gasteiger partial charge in [0.2, 0.25) is 5.91 Å². The fourth-order valence-corrected chi connectivity index (χ4v) is 3.14. The van der Waals surface area contributed by atoms with Crippen molar-refractivity contribution in [2.45, 2.75) is 25.9 Å². The highest BCUT2D eigenvalue weighted by Gasteiger charge is 2.23. The maximum Gasteiger partial charge on any atom is 0.332 e. The summed E-state index contributed by atoms with van der Waals surface area (Å²) in [6.45, 7) is 4.66. The molecule has 2 aromatic rings. The van der Waals surface area contributed by atoms with Crippen LogP contribution in [0.3, 0.4) is 0 Å². The third-order valence-electron chi connectivity index (χ3n) is 4.61. The monoisotopic (exact) mass is 370 g/mol. The van der Waals surface area contributed by atoms with Gasteiger partial charge in [0.15, 0.2) is 11.2 Å². The van der Waals surface area contributed by atoms with Gasteiger partial charge in [-0.05, 0) is 6.92 Å². The molecule has 10 heteroatoms. The summed E-state index contributed by atoms with van der Waals surface area (Å²) in [6.07, 6.45) is 1.81. The quantitative estimate of drug-likeness (QED) is 0.753. The first kappa shape index (κ1) is 19.2. The van der Waals surface area contributed by atoms with Crippen LogP contribution in [0, 0.1) is 0 Å². The molecule has 1 atom stereocenters. The van der Waals surface area contributed by atoms with E-state index in [9.17, 15) is 14.4 Å². The zero-order valence-corrected chi connectivity index (χ0v) is 15.4. The molecule has 0 aromatic carbocycles. The van der Waals surface area contributed by atoms with Crippen LogP contribution in [0.1, 0.15) is 13.3 Å². The van der Waals surface area contributed by atoms with Crippen molar-refractivity contribution in [3.05, 3.63) is 27.2 Å². The first-order valence-corrected chi connectivity index (χ1v) is 8.03. The lowest BCUT2D eigenvalue weighted by molar-refractivity contribution is -0.134. The van der Waals surface area contributed by atoms with Crippen molar-refractivity contribution in [3.63, 3.8) is 0 Å². The minimum atomic E-state index is -0.413. The molecule has 2 aromatic heterocycles. The molecule has 9 nitrogen and oxygen atoms in total. The molecule has 1 fully saturated rings. The van der Waals surface area contributed by atoms with E-state index < -0.39 is 11.2 Å². The fourth-order valence-electron chi connectivity index (χ4n) is 3.14. The molecule has 0 unspecified atom stereocenters. The second-order valence-corrected chi connectivity index (χ2v) is 6.21. The van der Waals surface area contributed by atoms with Crippen molar-refractivity contribution in [3.8, 4) is 0 Å². The number of nitrogens with zero attached hydrogens (tertiary/aromatic N) is 5. The summed E-state index contributed by atoms with van der Waals surface area (Å²) in [5.41, 5.74) is -0.121. The summed E-state index contributed by atoms with van der Waals surface area (Å²) in [7, 11) is 3.02. The molecule has 1 saturated heterocycles. The Balaban J connectivity index is 0.00000225. The molecular weight excluding hydrogens is 348 g/mol. The number of halogens is 1. The number of hydrogen-bond acceptors (Lipinski definition) is 5. The summed E-state index contributed by atoms with van der Waals surface area (Å²) in [4.78, 5) is 42.8. The van der Waals surface area contributed by atoms with E-state index >= 15 is 0 Å². The molecule has 0 saturated carbocycles. The predicted molar refractivity (Wildman–Crippen MR) is 96.1 cm³/mol. The molecular formula is C15H23ClN6O3. The SMILES string of the molecule is C[C@H]1CNCCN1C(=O)CCn1cnc2c1c(=O)n(C)c(=O)n2C.Cl. The maximum absolute atomic E-state index is 12.4. The molecule has 0 spiro atoms. The highest BCUT2D eigenvalue weighted by Crippen LogP contribution is 2.09. The normalized spacial score (nSPS) is 17.6. The fraction of sp³-hybridized carbons (Fsp3) is 0.600. The number of carbonyl (C=O) groups is 1. The lowest BCUT2D eigenvalue weighted by Crippen LogP contribution is -2.52. The summed E-state index contributed by atoms with van der Waals surface area (Å²) < 4.78 is 4.05. The lowest BCUT2D eigenvalue weighted by Gasteiger charge is -2.34. The van der Waals surface area contributed by atoms with Crippen LogP contribution in [0.2, 0.25) is 0 Å². The number of aryl methyl sites for hydroxylation is 2. The van der Waals surface area contributed by atoms with E-state index in [0.29, 0.717) is 30.7 Å². The average Bonchev–Trinajstić information content (AvgIpc) is 3.00. The smallest absolute Gasteiger partial charge is 0.332 e. The van der Waals surface area contributed by atoms with Crippen molar-refractivity contribution in [2.24, 2.45) is 14.1 Å². The molecule has 0 aliphatic carbocycles. The first-order chi connectivity index (χ1) is 11.4. The number of amides is 1. The summed E-state index contributed by atoms with van der Waals surface area (Å²) >= 11 is 0. The van der Waals surface area contributed by atoms with E-state index in [1.165, 1.54) is 17.9 Å². The molecule has 0 radical (unpaired) electrons. The van der Waals surface area contributed by atoms with Crippen LogP contribution in [-0.4, -0.2) is 55.2 Å². The van der Waals surface area contributed by atoms with E-state index in [4.69, 9.17) is 0 Å². The third kappa shape index (κ3) is 3.34. The molecule has 3 rings (SSSR count). The van der Waals surface area contributed by atoms with Crippen molar-refractivity contribution < 1.29 is 4.79 Å². The Morgan fingerprint density at radius 2 is 2.04 bits per heavy atom. The second kappa shape index (κ2) is 7.40. The number of fused-ring (bicyclic) bond motifs is 1. The Kier molecular flexibility index (Phi) is 5.69. The maximum atomic E-state index is 12.4. The van der Waals surface area contributed by atoms with Gasteiger partial charge in [-0.15, -0.1) is 12.4 Å². The second-order valence-electron chi connectivity index (χ2n) is 6.21. The number of piperazine rings is 1. The number of carbonyl (C=O) groups excluding carboxylic acids is 1. The molecule has 25 heavy (non-hydrogen) atoms. The van der Waals surface area contributed by atoms with Crippen molar-refractivity contribution in [1.82, 2.24) is 28.9 Å². The summed E-state index contributed by atoms with van der Waals surface area (Å²) in [5, 5.41) is 3.25. The van der Waals surface area contributed by atoms with Gasteiger partial charge in [-0.25, -0.2) is 9.78 Å². The van der Waals surface area contributed by atoms with Gasteiger partial charge < -0.3 is 14.8 Å². The van der Waals surface area contributed by atoms with E-state index in [0.717, 1.165) is 17.7 Å². The minimum absolute atomic E-state index is 0. The number of imidazole rings is 1. The Labute approximate surface area is 150 Å². The standard InChI is InChI=1S/C15H22N6O3.ClH/c1-10-8-16-5-7-21(10)11(22)4-6-20-9-17-13-12(20)14(23)19(3)15(24)18(13)2;/h9-10,16H,4-8H2,1-3H3;1H/t10-;/m0./s1. The van der Waals surface area contributed by atoms with E-state index in [1.54, 1.807) is 11.6 Å². The van der Waals surface area contributed by atoms with Gasteiger partial charge in [-0.1, -0.05) is 0 Å². The molecule has 1 aliphatic heterocycles. The van der Waals surface area contributed by atoms with Gasteiger partial charge in [-0.3, -0.25) is 18.7 Å². The summed E-state index contributed by atoms with van der Waals surface area (Å²) in [5.74, 6) is 0.0625. The van der Waals surface area contributed by atoms with Crippen molar-refractivity contribution >= 4 is 29.5 Å². The van der Waals surface area contributed by atoms with Gasteiger partial charge in [0.05, 0.1) is 6.33 Å². The van der Waals surface area contributed by atoms with Crippen LogP contribution in [0.15, 0.2) is 15.9 Å². The number of nitrogens with one attached hydrogen (secondary N) is 1. The Morgan fingerprint density at radius 3 is 2.72 bits per heavy atom. The topological polar surface area (TPSA) is 94.2 Å². The van der Waals surface area contributed by atoms with Gasteiger partial charge in [0.25, 0.3) is 5.56 Å². The van der Waals surface area contributed by atoms with Crippen LogP contribution >= 0.6 is 12.4 Å². The predicted octanol–water partition coefficient (Wildman–Crippen LogP) is -0.934. The number of hydrogen-bond donors (Lipinski definition) is 1. The highest BCUT2D eigenvalue weighted by molar-refractivity contribution is 5.85. The first-order valence-electron chi connectivity index (χ1n) is 8.03. The summed E-state index contributed by atoms with van der Waals surface area (Å²) in [6, 6.07) is 0.166. The van der Waals surface area contributed by atoms with Crippen LogP contribution in [0.25, 0.3) is 11.2 Å². The molecule has 138 valence electrons. The zero-order valence-electron chi connectivity index (χ0n) is 14.6. The molecule has 3 heterocycles. The van der Waals surface area contributed by atoms with Crippen LogP contribution in [0.4, 0.5) is 0 Å². The zero-order chi connectivity index (χ0) is 17.4. The largest absolute Gasteiger partial charge is 0.337 e. The van der Waals surface area contributed by atoms with Gasteiger partial charge in [0.1, 0.15) is 0 Å². The Morgan fingerprint density at radius 1 is 1.32 bits per heavy atom. The molecule has 1 N–H and O–H groups in total. The van der Waals surface area contributed by atoms with Crippen LogP contribution in [-0.2, 0) is 25.4 Å². The van der Waals surface area contributed by atoms with Crippen LogP contribution < -0.4 is 16.6 Å². The highest BCUT2D eigenvalue weighted by atomic mass is 35.5. The Hall–Kier alpha value is -2.13. The molecule has 1 amide bonds. The van der Waals surface area contributed by atoms with Gasteiger partial charge in [0, 0.05) is 52.7 Å². The number of aromatic nitrogens is 4. The third-order valence-corrected chi connectivity index (χ3v) is 4.61. The minimum Gasteiger partial charge on any atom is -0.337 e. The van der Waals surface area contributed by atoms with E-state index in [2.05, 4.69) is 10.3 Å². The van der Waals surface area contributed by atoms with Crippen molar-refractivity contribution in [1.29, 1.82) is 0 Å². The van der Waals surface area contributed by atoms with E-state index in [-0.39, 0.29) is 24.4 Å². The number of rotatable bonds is 3.